The third kappa shape index (κ3) is 35.3. The van der Waals surface area contributed by atoms with Gasteiger partial charge in [0.05, 0.1) is 13.2 Å². The van der Waals surface area contributed by atoms with Gasteiger partial charge in [-0.2, -0.15) is 0 Å². The van der Waals surface area contributed by atoms with Gasteiger partial charge in [0.25, 0.3) is 0 Å². The van der Waals surface area contributed by atoms with Crippen molar-refractivity contribution >= 4 is 19.8 Å². The van der Waals surface area contributed by atoms with E-state index in [2.05, 4.69) is 68.5 Å². The standard InChI is InChI=1S/C39H68NO8P/c1-3-5-7-9-11-13-15-16-17-18-19-20-22-23-25-27-29-31-38(41)45-35-37(36-47-49(43,44)46-34-33-40)48-39(42)32-30-28-26-24-21-14-12-10-8-6-4-2/h10-13,16-17,19-20,23,25,37H,3-9,14-15,18,21-22,24,26-36,40H2,1-2H3,(H,43,44). The van der Waals surface area contributed by atoms with Crippen LogP contribution < -0.4 is 5.73 Å². The van der Waals surface area contributed by atoms with E-state index in [1.165, 1.54) is 38.5 Å². The van der Waals surface area contributed by atoms with E-state index in [-0.39, 0.29) is 32.6 Å². The largest absolute Gasteiger partial charge is 0.472 e. The fraction of sp³-hybridized carbons (Fsp3) is 0.692. The summed E-state index contributed by atoms with van der Waals surface area (Å²) in [5.41, 5.74) is 5.32. The first-order valence-electron chi connectivity index (χ1n) is 18.8. The summed E-state index contributed by atoms with van der Waals surface area (Å²) in [7, 11) is -4.38. The average molecular weight is 710 g/mol. The fourth-order valence-electron chi connectivity index (χ4n) is 4.55. The van der Waals surface area contributed by atoms with E-state index in [9.17, 15) is 19.0 Å². The lowest BCUT2D eigenvalue weighted by Gasteiger charge is -2.19. The molecule has 0 spiro atoms. The summed E-state index contributed by atoms with van der Waals surface area (Å²) in [6.45, 7) is 3.56. The highest BCUT2D eigenvalue weighted by molar-refractivity contribution is 7.47. The monoisotopic (exact) mass is 709 g/mol. The minimum absolute atomic E-state index is 0.0423. The van der Waals surface area contributed by atoms with E-state index in [4.69, 9.17) is 24.3 Å². The van der Waals surface area contributed by atoms with Crippen molar-refractivity contribution in [1.29, 1.82) is 0 Å². The molecule has 0 aromatic heterocycles. The van der Waals surface area contributed by atoms with Crippen LogP contribution >= 0.6 is 7.82 Å². The Morgan fingerprint density at radius 3 is 1.71 bits per heavy atom. The summed E-state index contributed by atoms with van der Waals surface area (Å²) >= 11 is 0. The molecule has 3 N–H and O–H groups in total. The Morgan fingerprint density at radius 2 is 1.10 bits per heavy atom. The van der Waals surface area contributed by atoms with Crippen LogP contribution in [0, 0.1) is 0 Å². The highest BCUT2D eigenvalue weighted by atomic mass is 31.2. The van der Waals surface area contributed by atoms with Gasteiger partial charge in [-0.25, -0.2) is 4.57 Å². The molecule has 0 radical (unpaired) electrons. The molecule has 0 fully saturated rings. The predicted molar refractivity (Wildman–Crippen MR) is 201 cm³/mol. The average Bonchev–Trinajstić information content (AvgIpc) is 3.08. The number of phosphoric acid groups is 1. The van der Waals surface area contributed by atoms with E-state index in [0.29, 0.717) is 12.8 Å². The first-order valence-corrected chi connectivity index (χ1v) is 20.3. The molecule has 0 aromatic carbocycles. The number of ether oxygens (including phenoxy) is 2. The number of hydrogen-bond acceptors (Lipinski definition) is 8. The summed E-state index contributed by atoms with van der Waals surface area (Å²) in [5, 5.41) is 0. The van der Waals surface area contributed by atoms with E-state index in [1.807, 2.05) is 6.08 Å². The highest BCUT2D eigenvalue weighted by Crippen LogP contribution is 2.43. The minimum Gasteiger partial charge on any atom is -0.462 e. The number of hydrogen-bond donors (Lipinski definition) is 2. The zero-order valence-corrected chi connectivity index (χ0v) is 31.5. The Balaban J connectivity index is 4.34. The minimum atomic E-state index is -4.38. The molecule has 282 valence electrons. The zero-order chi connectivity index (χ0) is 36.1. The van der Waals surface area contributed by atoms with Gasteiger partial charge in [0.15, 0.2) is 6.10 Å². The smallest absolute Gasteiger partial charge is 0.462 e. The van der Waals surface area contributed by atoms with Gasteiger partial charge in [-0.3, -0.25) is 18.6 Å². The summed E-state index contributed by atoms with van der Waals surface area (Å²) in [4.78, 5) is 34.6. The highest BCUT2D eigenvalue weighted by Gasteiger charge is 2.25. The van der Waals surface area contributed by atoms with Crippen molar-refractivity contribution in [2.45, 2.75) is 148 Å². The molecule has 0 bridgehead atoms. The first-order chi connectivity index (χ1) is 23.8. The number of carbonyl (C=O) groups excluding carboxylic acids is 2. The second-order valence-electron chi connectivity index (χ2n) is 12.1. The van der Waals surface area contributed by atoms with Gasteiger partial charge in [-0.1, -0.05) is 120 Å². The van der Waals surface area contributed by atoms with Crippen LogP contribution in [0.4, 0.5) is 0 Å². The predicted octanol–water partition coefficient (Wildman–Crippen LogP) is 10.2. The van der Waals surface area contributed by atoms with Crippen LogP contribution in [0.1, 0.15) is 142 Å². The maximum Gasteiger partial charge on any atom is 0.472 e. The Hall–Kier alpha value is -2.29. The van der Waals surface area contributed by atoms with Gasteiger partial charge in [0, 0.05) is 19.4 Å². The van der Waals surface area contributed by atoms with Crippen LogP contribution in [0.15, 0.2) is 60.8 Å². The fourth-order valence-corrected chi connectivity index (χ4v) is 5.31. The number of carbonyl (C=O) groups is 2. The van der Waals surface area contributed by atoms with Crippen LogP contribution in [0.25, 0.3) is 0 Å². The summed E-state index contributed by atoms with van der Waals surface area (Å²) in [6.07, 6.45) is 39.7. The number of phosphoric ester groups is 1. The lowest BCUT2D eigenvalue weighted by atomic mass is 10.1. The van der Waals surface area contributed by atoms with Crippen molar-refractivity contribution in [2.75, 3.05) is 26.4 Å². The van der Waals surface area contributed by atoms with E-state index in [1.54, 1.807) is 0 Å². The van der Waals surface area contributed by atoms with Crippen molar-refractivity contribution in [1.82, 2.24) is 0 Å². The van der Waals surface area contributed by atoms with Crippen LogP contribution in [0.5, 0.6) is 0 Å². The molecule has 0 aliphatic heterocycles. The number of rotatable bonds is 34. The van der Waals surface area contributed by atoms with E-state index in [0.717, 1.165) is 64.2 Å². The molecule has 0 saturated carbocycles. The molecule has 0 amide bonds. The Labute approximate surface area is 298 Å². The molecule has 0 aliphatic carbocycles. The SMILES string of the molecule is CCCCC=CCCCCCCCC(=O)OC(COC(=O)CCCC=CCC=CCC=CCC=CCCCCC)COP(=O)(O)OCCN. The Bertz CT molecular complexity index is 992. The number of esters is 2. The van der Waals surface area contributed by atoms with Gasteiger partial charge < -0.3 is 20.1 Å². The van der Waals surface area contributed by atoms with Crippen LogP contribution in [0.2, 0.25) is 0 Å². The van der Waals surface area contributed by atoms with Crippen LogP contribution in [0.3, 0.4) is 0 Å². The summed E-state index contributed by atoms with van der Waals surface area (Å²) in [6, 6.07) is 0. The van der Waals surface area contributed by atoms with Crippen LogP contribution in [-0.2, 0) is 32.7 Å². The molecule has 2 atom stereocenters. The normalized spacial score (nSPS) is 14.1. The van der Waals surface area contributed by atoms with Crippen molar-refractivity contribution in [3.8, 4) is 0 Å². The third-order valence-electron chi connectivity index (χ3n) is 7.38. The second kappa shape index (κ2) is 35.5. The second-order valence-corrected chi connectivity index (χ2v) is 13.5. The number of allylic oxidation sites excluding steroid dienone is 10. The molecular weight excluding hydrogens is 641 g/mol. The quantitative estimate of drug-likeness (QED) is 0.0290. The molecule has 0 heterocycles. The molecule has 0 aromatic rings. The van der Waals surface area contributed by atoms with Crippen LogP contribution in [-0.4, -0.2) is 49.3 Å². The van der Waals surface area contributed by atoms with Crippen molar-refractivity contribution in [3.05, 3.63) is 60.8 Å². The zero-order valence-electron chi connectivity index (χ0n) is 30.7. The van der Waals surface area contributed by atoms with Crippen molar-refractivity contribution < 1.29 is 37.6 Å². The summed E-state index contributed by atoms with van der Waals surface area (Å²) < 4.78 is 32.5. The molecule has 10 heteroatoms. The Morgan fingerprint density at radius 1 is 0.612 bits per heavy atom. The number of unbranched alkanes of at least 4 members (excludes halogenated alkanes) is 11. The number of nitrogens with two attached hydrogens (primary N) is 1. The first kappa shape index (κ1) is 46.7. The molecule has 49 heavy (non-hydrogen) atoms. The topological polar surface area (TPSA) is 134 Å². The maximum absolute atomic E-state index is 12.5. The molecule has 0 rings (SSSR count). The van der Waals surface area contributed by atoms with Gasteiger partial charge in [-0.15, -0.1) is 0 Å². The Kier molecular flexibility index (Phi) is 33.9. The molecule has 0 aliphatic rings. The van der Waals surface area contributed by atoms with Crippen molar-refractivity contribution in [3.63, 3.8) is 0 Å². The molecule has 2 unspecified atom stereocenters. The van der Waals surface area contributed by atoms with Gasteiger partial charge in [-0.05, 0) is 70.6 Å². The lowest BCUT2D eigenvalue weighted by molar-refractivity contribution is -0.161. The maximum atomic E-state index is 12.5. The van der Waals surface area contributed by atoms with Gasteiger partial charge in [0.2, 0.25) is 0 Å². The van der Waals surface area contributed by atoms with E-state index < -0.39 is 32.5 Å². The molecular formula is C39H68NO8P. The summed E-state index contributed by atoms with van der Waals surface area (Å²) in [5.74, 6) is -0.914. The van der Waals surface area contributed by atoms with E-state index >= 15 is 0 Å². The molecule has 9 nitrogen and oxygen atoms in total. The van der Waals surface area contributed by atoms with Crippen molar-refractivity contribution in [2.24, 2.45) is 5.73 Å². The lowest BCUT2D eigenvalue weighted by Crippen LogP contribution is -2.29. The van der Waals surface area contributed by atoms with Gasteiger partial charge >= 0.3 is 19.8 Å². The molecule has 0 saturated heterocycles. The third-order valence-corrected chi connectivity index (χ3v) is 8.36. The van der Waals surface area contributed by atoms with Gasteiger partial charge in [0.1, 0.15) is 6.61 Å².